The SMILES string of the molecule is C[N+]1([O-])CCCCC1C=O.[Cl-].[Cl-].[Cl-].[Zr+3]. The van der Waals surface area contributed by atoms with Gasteiger partial charge in [-0.1, -0.05) is 0 Å². The fourth-order valence-corrected chi connectivity index (χ4v) is 1.41. The van der Waals surface area contributed by atoms with Crippen LogP contribution in [0.15, 0.2) is 0 Å². The maximum atomic E-state index is 11.4. The van der Waals surface area contributed by atoms with Gasteiger partial charge in [-0.15, -0.1) is 0 Å². The first-order chi connectivity index (χ1) is 4.67. The van der Waals surface area contributed by atoms with E-state index in [1.54, 1.807) is 7.05 Å². The Hall–Kier alpha value is 1.34. The Labute approximate surface area is 123 Å². The van der Waals surface area contributed by atoms with Crippen LogP contribution < -0.4 is 37.2 Å². The number of carbonyl (C=O) groups excluding carboxylic acids is 1. The molecular weight excluding hydrogens is 328 g/mol. The van der Waals surface area contributed by atoms with Crippen molar-refractivity contribution in [3.05, 3.63) is 5.21 Å². The average Bonchev–Trinajstić information content (AvgIpc) is 1.87. The van der Waals surface area contributed by atoms with Crippen molar-refractivity contribution >= 4 is 6.29 Å². The van der Waals surface area contributed by atoms with E-state index in [9.17, 15) is 10.0 Å². The molecule has 83 valence electrons. The molecule has 7 heteroatoms. The summed E-state index contributed by atoms with van der Waals surface area (Å²) in [6.45, 7) is 0.601. The molecule has 0 spiro atoms. The monoisotopic (exact) mass is 338 g/mol. The number of likely N-dealkylation sites (tertiary alicyclic amines) is 1. The molecule has 14 heavy (non-hydrogen) atoms. The van der Waals surface area contributed by atoms with E-state index in [4.69, 9.17) is 0 Å². The quantitative estimate of drug-likeness (QED) is 0.270. The molecule has 0 amide bonds. The summed E-state index contributed by atoms with van der Waals surface area (Å²) in [5.74, 6) is 0. The van der Waals surface area contributed by atoms with Gasteiger partial charge in [-0.05, 0) is 12.8 Å². The van der Waals surface area contributed by atoms with Gasteiger partial charge in [-0.25, -0.2) is 0 Å². The van der Waals surface area contributed by atoms with Crippen molar-refractivity contribution in [1.82, 2.24) is 0 Å². The maximum Gasteiger partial charge on any atom is 3.00 e. The van der Waals surface area contributed by atoms with E-state index >= 15 is 0 Å². The zero-order valence-electron chi connectivity index (χ0n) is 7.88. The van der Waals surface area contributed by atoms with E-state index in [-0.39, 0.29) is 74.1 Å². The molecule has 1 rings (SSSR count). The molecule has 0 aromatic rings. The Balaban J connectivity index is -0.000000125. The van der Waals surface area contributed by atoms with Gasteiger partial charge >= 0.3 is 26.2 Å². The number of hydrogen-bond acceptors (Lipinski definition) is 2. The molecule has 1 saturated heterocycles. The summed E-state index contributed by atoms with van der Waals surface area (Å²) in [6, 6.07) is -0.297. The van der Waals surface area contributed by atoms with Crippen LogP contribution in [0, 0.1) is 5.21 Å². The van der Waals surface area contributed by atoms with Gasteiger partial charge in [-0.3, -0.25) is 4.79 Å². The normalized spacial score (nSPS) is 29.4. The largest absolute Gasteiger partial charge is 3.00 e. The molecular formula is C7H13Cl3NO2Zr. The van der Waals surface area contributed by atoms with Gasteiger partial charge in [0.05, 0.1) is 13.6 Å². The molecule has 0 N–H and O–H groups in total. The number of aldehydes is 1. The van der Waals surface area contributed by atoms with Crippen LogP contribution in [-0.4, -0.2) is 30.6 Å². The molecule has 2 unspecified atom stereocenters. The summed E-state index contributed by atoms with van der Waals surface area (Å²) in [5.41, 5.74) is 0. The first-order valence-corrected chi connectivity index (χ1v) is 3.68. The smallest absolute Gasteiger partial charge is 1.00 e. The maximum absolute atomic E-state index is 11.4. The summed E-state index contributed by atoms with van der Waals surface area (Å²) in [5, 5.41) is 11.4. The minimum Gasteiger partial charge on any atom is -1.00 e. The van der Waals surface area contributed by atoms with Crippen LogP contribution >= 0.6 is 0 Å². The Morgan fingerprint density at radius 3 is 2.07 bits per heavy atom. The zero-order chi connectivity index (χ0) is 7.61. The first kappa shape index (κ1) is 24.5. The van der Waals surface area contributed by atoms with Crippen LogP contribution in [0.4, 0.5) is 0 Å². The van der Waals surface area contributed by atoms with E-state index in [1.807, 2.05) is 0 Å². The summed E-state index contributed by atoms with van der Waals surface area (Å²) in [4.78, 5) is 10.4. The number of rotatable bonds is 1. The number of halogens is 3. The third-order valence-corrected chi connectivity index (χ3v) is 2.21. The van der Waals surface area contributed by atoms with Crippen LogP contribution in [0.2, 0.25) is 0 Å². The molecule has 1 heterocycles. The minimum absolute atomic E-state index is 0. The first-order valence-electron chi connectivity index (χ1n) is 3.68. The molecule has 2 atom stereocenters. The fraction of sp³-hybridized carbons (Fsp3) is 0.857. The van der Waals surface area contributed by atoms with Gasteiger partial charge < -0.3 is 47.1 Å². The van der Waals surface area contributed by atoms with Gasteiger partial charge in [0.15, 0.2) is 6.29 Å². The molecule has 1 aliphatic rings. The zero-order valence-corrected chi connectivity index (χ0v) is 12.6. The van der Waals surface area contributed by atoms with Crippen LogP contribution in [0.1, 0.15) is 19.3 Å². The molecule has 0 saturated carbocycles. The van der Waals surface area contributed by atoms with Crippen molar-refractivity contribution in [2.75, 3.05) is 13.6 Å². The van der Waals surface area contributed by atoms with Crippen molar-refractivity contribution in [2.45, 2.75) is 25.3 Å². The topological polar surface area (TPSA) is 40.1 Å². The number of hydroxylamine groups is 3. The third kappa shape index (κ3) is 6.76. The molecule has 0 aliphatic carbocycles. The standard InChI is InChI=1S/C7H13NO2.3ClH.Zr/c1-8(10)5-3-2-4-7(8)6-9;;;;/h6-7H,2-5H2,1H3;3*1H;/q;;;;+3/p-3. The predicted octanol–water partition coefficient (Wildman–Crippen LogP) is -8.31. The molecule has 1 aliphatic heterocycles. The van der Waals surface area contributed by atoms with Crippen LogP contribution in [0.5, 0.6) is 0 Å². The van der Waals surface area contributed by atoms with Crippen molar-refractivity contribution < 1.29 is 72.9 Å². The number of piperidine rings is 1. The number of hydrogen-bond donors (Lipinski definition) is 0. The Kier molecular flexibility index (Phi) is 19.0. The van der Waals surface area contributed by atoms with Crippen molar-refractivity contribution in [3.63, 3.8) is 0 Å². The second-order valence-corrected chi connectivity index (χ2v) is 3.10. The van der Waals surface area contributed by atoms with Crippen molar-refractivity contribution in [3.8, 4) is 0 Å². The van der Waals surface area contributed by atoms with Crippen molar-refractivity contribution in [1.29, 1.82) is 0 Å². The van der Waals surface area contributed by atoms with Crippen LogP contribution in [0.25, 0.3) is 0 Å². The van der Waals surface area contributed by atoms with E-state index in [0.29, 0.717) is 6.54 Å². The molecule has 3 nitrogen and oxygen atoms in total. The summed E-state index contributed by atoms with van der Waals surface area (Å²) >= 11 is 0. The number of carbonyl (C=O) groups is 1. The summed E-state index contributed by atoms with van der Waals surface area (Å²) < 4.78 is -0.358. The molecule has 1 radical (unpaired) electrons. The predicted molar refractivity (Wildman–Crippen MR) is 38.1 cm³/mol. The molecule has 0 aromatic carbocycles. The van der Waals surface area contributed by atoms with Gasteiger partial charge in [0.1, 0.15) is 6.04 Å². The van der Waals surface area contributed by atoms with E-state index < -0.39 is 0 Å². The minimum atomic E-state index is -0.358. The second-order valence-electron chi connectivity index (χ2n) is 3.10. The van der Waals surface area contributed by atoms with E-state index in [0.717, 1.165) is 25.5 Å². The summed E-state index contributed by atoms with van der Waals surface area (Å²) in [6.07, 6.45) is 3.56. The van der Waals surface area contributed by atoms with E-state index in [2.05, 4.69) is 0 Å². The molecule has 0 aromatic heterocycles. The fourth-order valence-electron chi connectivity index (χ4n) is 1.41. The molecule has 1 fully saturated rings. The molecule has 0 bridgehead atoms. The van der Waals surface area contributed by atoms with Crippen molar-refractivity contribution in [2.24, 2.45) is 0 Å². The average molecular weight is 341 g/mol. The Morgan fingerprint density at radius 2 is 1.79 bits per heavy atom. The van der Waals surface area contributed by atoms with Crippen LogP contribution in [0.3, 0.4) is 0 Å². The number of likely N-dealkylation sites (N-methyl/N-ethyl adjacent to an activating group) is 1. The Bertz CT molecular complexity index is 149. The summed E-state index contributed by atoms with van der Waals surface area (Å²) in [7, 11) is 1.58. The van der Waals surface area contributed by atoms with E-state index in [1.165, 1.54) is 0 Å². The van der Waals surface area contributed by atoms with Crippen LogP contribution in [-0.2, 0) is 31.0 Å². The van der Waals surface area contributed by atoms with Gasteiger partial charge in [0, 0.05) is 6.42 Å². The third-order valence-electron chi connectivity index (χ3n) is 2.21. The second kappa shape index (κ2) is 10.8. The number of nitrogens with zero attached hydrogens (tertiary/aromatic N) is 1. The Morgan fingerprint density at radius 1 is 1.29 bits per heavy atom. The van der Waals surface area contributed by atoms with Gasteiger partial charge in [0.25, 0.3) is 0 Å². The van der Waals surface area contributed by atoms with Gasteiger partial charge in [0.2, 0.25) is 0 Å². The van der Waals surface area contributed by atoms with Gasteiger partial charge in [-0.2, -0.15) is 0 Å². The number of quaternary nitrogens is 1.